The van der Waals surface area contributed by atoms with Crippen molar-refractivity contribution in [3.63, 3.8) is 0 Å². The first-order chi connectivity index (χ1) is 12.5. The molecule has 8 heteroatoms. The summed E-state index contributed by atoms with van der Waals surface area (Å²) in [7, 11) is 0. The molecule has 5 nitrogen and oxygen atoms in total. The number of aromatic nitrogens is 2. The lowest BCUT2D eigenvalue weighted by Gasteiger charge is -2.12. The van der Waals surface area contributed by atoms with Crippen molar-refractivity contribution in [2.75, 3.05) is 19.6 Å². The summed E-state index contributed by atoms with van der Waals surface area (Å²) >= 11 is 0. The average molecular weight is 367 g/mol. The fourth-order valence-electron chi connectivity index (χ4n) is 2.42. The highest BCUT2D eigenvalue weighted by atomic mass is 19.4. The molecule has 1 aromatic heterocycles. The first-order valence-corrected chi connectivity index (χ1v) is 8.61. The number of aliphatic imine (C=N–C) groups is 1. The van der Waals surface area contributed by atoms with Crippen LogP contribution in [-0.2, 0) is 13.0 Å². The van der Waals surface area contributed by atoms with Crippen LogP contribution in [0.1, 0.15) is 24.7 Å². The fraction of sp³-hybridized carbons (Fsp3) is 0.444. The zero-order valence-electron chi connectivity index (χ0n) is 14.8. The van der Waals surface area contributed by atoms with E-state index in [2.05, 4.69) is 37.3 Å². The van der Waals surface area contributed by atoms with E-state index in [1.807, 2.05) is 31.3 Å². The number of guanidine groups is 1. The minimum Gasteiger partial charge on any atom is -0.357 e. The standard InChI is InChI=1S/C18H24F3N5/c1-2-22-17(25-11-9-18(19,20)21)24-10-8-16-23-12-13-26(16)14-15-6-4-3-5-7-15/h3-7,12-13H,2,8-11,14H2,1H3,(H2,22,24,25). The highest BCUT2D eigenvalue weighted by Crippen LogP contribution is 2.18. The molecule has 0 aliphatic heterocycles. The van der Waals surface area contributed by atoms with E-state index in [-0.39, 0.29) is 6.54 Å². The van der Waals surface area contributed by atoms with Crippen molar-refractivity contribution in [2.45, 2.75) is 32.5 Å². The number of nitrogens with one attached hydrogen (secondary N) is 2. The van der Waals surface area contributed by atoms with Crippen molar-refractivity contribution in [1.29, 1.82) is 0 Å². The molecule has 0 amide bonds. The lowest BCUT2D eigenvalue weighted by atomic mass is 10.2. The van der Waals surface area contributed by atoms with Crippen LogP contribution in [0.25, 0.3) is 0 Å². The van der Waals surface area contributed by atoms with Crippen LogP contribution in [0.5, 0.6) is 0 Å². The van der Waals surface area contributed by atoms with Crippen molar-refractivity contribution in [3.05, 3.63) is 54.1 Å². The smallest absolute Gasteiger partial charge is 0.357 e. The summed E-state index contributed by atoms with van der Waals surface area (Å²) in [5, 5.41) is 6.00. The summed E-state index contributed by atoms with van der Waals surface area (Å²) in [5.74, 6) is 1.30. The predicted molar refractivity (Wildman–Crippen MR) is 96.1 cm³/mol. The van der Waals surface area contributed by atoms with Crippen LogP contribution in [0.2, 0.25) is 0 Å². The maximum absolute atomic E-state index is 12.2. The number of halogens is 3. The molecule has 0 fully saturated rings. The largest absolute Gasteiger partial charge is 0.390 e. The summed E-state index contributed by atoms with van der Waals surface area (Å²) in [6.45, 7) is 3.43. The molecule has 0 atom stereocenters. The van der Waals surface area contributed by atoms with E-state index in [1.165, 1.54) is 5.56 Å². The average Bonchev–Trinajstić information content (AvgIpc) is 3.02. The normalized spacial score (nSPS) is 12.2. The van der Waals surface area contributed by atoms with E-state index < -0.39 is 12.6 Å². The molecule has 0 saturated heterocycles. The van der Waals surface area contributed by atoms with E-state index in [9.17, 15) is 13.2 Å². The Morgan fingerprint density at radius 3 is 2.65 bits per heavy atom. The van der Waals surface area contributed by atoms with E-state index >= 15 is 0 Å². The molecular formula is C18H24F3N5. The van der Waals surface area contributed by atoms with E-state index in [4.69, 9.17) is 0 Å². The minimum absolute atomic E-state index is 0.290. The predicted octanol–water partition coefficient (Wildman–Crippen LogP) is 2.98. The van der Waals surface area contributed by atoms with Gasteiger partial charge in [0.05, 0.1) is 13.0 Å². The van der Waals surface area contributed by atoms with Crippen LogP contribution in [-0.4, -0.2) is 41.3 Å². The van der Waals surface area contributed by atoms with E-state index in [0.717, 1.165) is 12.4 Å². The van der Waals surface area contributed by atoms with Gasteiger partial charge in [0.2, 0.25) is 0 Å². The monoisotopic (exact) mass is 367 g/mol. The SMILES string of the molecule is CCNC(=NCCC(F)(F)F)NCCc1nccn1Cc1ccccc1. The molecule has 0 saturated carbocycles. The number of rotatable bonds is 8. The molecule has 2 aromatic rings. The minimum atomic E-state index is -4.19. The number of benzene rings is 1. The molecule has 142 valence electrons. The highest BCUT2D eigenvalue weighted by Gasteiger charge is 2.26. The maximum Gasteiger partial charge on any atom is 0.390 e. The summed E-state index contributed by atoms with van der Waals surface area (Å²) in [4.78, 5) is 8.32. The number of imidazole rings is 1. The topological polar surface area (TPSA) is 54.2 Å². The number of nitrogens with zero attached hydrogens (tertiary/aromatic N) is 3. The Hall–Kier alpha value is -2.51. The molecule has 26 heavy (non-hydrogen) atoms. The third-order valence-electron chi connectivity index (χ3n) is 3.65. The lowest BCUT2D eigenvalue weighted by molar-refractivity contribution is -0.132. The van der Waals surface area contributed by atoms with Gasteiger partial charge in [-0.25, -0.2) is 4.98 Å². The first-order valence-electron chi connectivity index (χ1n) is 8.61. The van der Waals surface area contributed by atoms with Gasteiger partial charge in [-0.1, -0.05) is 30.3 Å². The maximum atomic E-state index is 12.2. The zero-order chi connectivity index (χ0) is 18.8. The van der Waals surface area contributed by atoms with E-state index in [0.29, 0.717) is 25.5 Å². The molecule has 0 unspecified atom stereocenters. The Morgan fingerprint density at radius 1 is 1.19 bits per heavy atom. The van der Waals surface area contributed by atoms with Gasteiger partial charge >= 0.3 is 6.18 Å². The van der Waals surface area contributed by atoms with Gasteiger partial charge in [-0.15, -0.1) is 0 Å². The van der Waals surface area contributed by atoms with Crippen molar-refractivity contribution < 1.29 is 13.2 Å². The van der Waals surface area contributed by atoms with Gasteiger partial charge in [0.25, 0.3) is 0 Å². The Bertz CT molecular complexity index is 680. The number of hydrogen-bond donors (Lipinski definition) is 2. The Balaban J connectivity index is 1.85. The molecule has 0 aliphatic rings. The Kier molecular flexibility index (Phi) is 7.50. The second kappa shape index (κ2) is 9.84. The number of alkyl halides is 3. The summed E-state index contributed by atoms with van der Waals surface area (Å²) in [6.07, 6.45) is -0.802. The van der Waals surface area contributed by atoms with Gasteiger partial charge in [-0.2, -0.15) is 13.2 Å². The Labute approximate surface area is 151 Å². The highest BCUT2D eigenvalue weighted by molar-refractivity contribution is 5.79. The van der Waals surface area contributed by atoms with Gasteiger partial charge in [0, 0.05) is 38.4 Å². The van der Waals surface area contributed by atoms with Crippen molar-refractivity contribution in [2.24, 2.45) is 4.99 Å². The van der Waals surface area contributed by atoms with Crippen molar-refractivity contribution in [1.82, 2.24) is 20.2 Å². The van der Waals surface area contributed by atoms with Crippen LogP contribution in [0.3, 0.4) is 0 Å². The third kappa shape index (κ3) is 7.16. The Morgan fingerprint density at radius 2 is 1.96 bits per heavy atom. The second-order valence-corrected chi connectivity index (χ2v) is 5.76. The van der Waals surface area contributed by atoms with Gasteiger partial charge in [0.1, 0.15) is 5.82 Å². The summed E-state index contributed by atoms with van der Waals surface area (Å²) in [5.41, 5.74) is 1.18. The molecule has 0 radical (unpaired) electrons. The van der Waals surface area contributed by atoms with E-state index in [1.54, 1.807) is 6.20 Å². The molecule has 0 spiro atoms. The lowest BCUT2D eigenvalue weighted by Crippen LogP contribution is -2.38. The molecule has 2 N–H and O–H groups in total. The van der Waals surface area contributed by atoms with Gasteiger partial charge in [-0.3, -0.25) is 4.99 Å². The van der Waals surface area contributed by atoms with Gasteiger partial charge in [0.15, 0.2) is 5.96 Å². The van der Waals surface area contributed by atoms with Crippen molar-refractivity contribution >= 4 is 5.96 Å². The van der Waals surface area contributed by atoms with Crippen LogP contribution in [0.15, 0.2) is 47.7 Å². The third-order valence-corrected chi connectivity index (χ3v) is 3.65. The first kappa shape index (κ1) is 19.8. The summed E-state index contributed by atoms with van der Waals surface area (Å²) < 4.78 is 38.8. The fourth-order valence-corrected chi connectivity index (χ4v) is 2.42. The van der Waals surface area contributed by atoms with Crippen LogP contribution in [0, 0.1) is 0 Å². The second-order valence-electron chi connectivity index (χ2n) is 5.76. The molecule has 1 aromatic carbocycles. The summed E-state index contributed by atoms with van der Waals surface area (Å²) in [6, 6.07) is 10.1. The molecule has 1 heterocycles. The van der Waals surface area contributed by atoms with Gasteiger partial charge in [-0.05, 0) is 12.5 Å². The zero-order valence-corrected chi connectivity index (χ0v) is 14.8. The van der Waals surface area contributed by atoms with Gasteiger partial charge < -0.3 is 15.2 Å². The quantitative estimate of drug-likeness (QED) is 0.557. The van der Waals surface area contributed by atoms with Crippen LogP contribution in [0.4, 0.5) is 13.2 Å². The molecule has 0 aliphatic carbocycles. The van der Waals surface area contributed by atoms with Crippen LogP contribution < -0.4 is 10.6 Å². The van der Waals surface area contributed by atoms with Crippen molar-refractivity contribution in [3.8, 4) is 0 Å². The van der Waals surface area contributed by atoms with Crippen LogP contribution >= 0.6 is 0 Å². The molecular weight excluding hydrogens is 343 g/mol. The molecule has 2 rings (SSSR count). The molecule has 0 bridgehead atoms. The number of hydrogen-bond acceptors (Lipinski definition) is 2.